The molecular formula is C16H24N2O10. The zero-order valence-electron chi connectivity index (χ0n) is 15.2. The molecule has 0 spiro atoms. The SMILES string of the molecule is O=C(O)CCCCCCC(=O)O.O=C1CCC(=O)N1O.O=C1CCC(=O)N1O. The Labute approximate surface area is 160 Å². The van der Waals surface area contributed by atoms with Gasteiger partial charge in [0.25, 0.3) is 23.6 Å². The average molecular weight is 404 g/mol. The normalized spacial score (nSPS) is 15.8. The minimum Gasteiger partial charge on any atom is -0.481 e. The van der Waals surface area contributed by atoms with Crippen molar-refractivity contribution in [2.45, 2.75) is 64.2 Å². The minimum atomic E-state index is -0.784. The van der Waals surface area contributed by atoms with Crippen molar-refractivity contribution in [3.63, 3.8) is 0 Å². The first-order chi connectivity index (χ1) is 13.1. The topological polar surface area (TPSA) is 190 Å². The van der Waals surface area contributed by atoms with E-state index in [-0.39, 0.29) is 48.7 Å². The number of hydroxylamine groups is 4. The van der Waals surface area contributed by atoms with Crippen LogP contribution >= 0.6 is 0 Å². The average Bonchev–Trinajstić information content (AvgIpc) is 3.08. The van der Waals surface area contributed by atoms with E-state index in [4.69, 9.17) is 20.6 Å². The molecule has 12 heteroatoms. The summed E-state index contributed by atoms with van der Waals surface area (Å²) in [5, 5.41) is 33.7. The molecule has 2 fully saturated rings. The number of hydrogen-bond donors (Lipinski definition) is 4. The maximum Gasteiger partial charge on any atom is 0.303 e. The third-order valence-corrected chi connectivity index (χ3v) is 3.58. The Kier molecular flexibility index (Phi) is 12.0. The summed E-state index contributed by atoms with van der Waals surface area (Å²) >= 11 is 0. The number of carboxylic acid groups (broad SMARTS) is 2. The maximum atomic E-state index is 10.2. The number of rotatable bonds is 7. The van der Waals surface area contributed by atoms with Crippen LogP contribution in [0.2, 0.25) is 0 Å². The number of unbranched alkanes of at least 4 members (excludes halogenated alkanes) is 3. The number of carboxylic acids is 2. The van der Waals surface area contributed by atoms with E-state index in [0.717, 1.165) is 12.8 Å². The van der Waals surface area contributed by atoms with Gasteiger partial charge in [-0.25, -0.2) is 0 Å². The summed E-state index contributed by atoms with van der Waals surface area (Å²) in [5.41, 5.74) is 0. The lowest BCUT2D eigenvalue weighted by atomic mass is 10.1. The number of nitrogens with zero attached hydrogens (tertiary/aromatic N) is 2. The van der Waals surface area contributed by atoms with Gasteiger partial charge in [0, 0.05) is 38.5 Å². The molecule has 0 aromatic rings. The van der Waals surface area contributed by atoms with Crippen molar-refractivity contribution in [2.24, 2.45) is 0 Å². The summed E-state index contributed by atoms with van der Waals surface area (Å²) in [6.07, 6.45) is 3.87. The van der Waals surface area contributed by atoms with Gasteiger partial charge in [0.15, 0.2) is 0 Å². The van der Waals surface area contributed by atoms with Gasteiger partial charge >= 0.3 is 11.9 Å². The number of carbonyl (C=O) groups is 6. The van der Waals surface area contributed by atoms with E-state index >= 15 is 0 Å². The number of imide groups is 2. The van der Waals surface area contributed by atoms with Crippen LogP contribution in [-0.4, -0.2) is 66.3 Å². The second kappa shape index (κ2) is 13.3. The van der Waals surface area contributed by atoms with Crippen molar-refractivity contribution in [1.82, 2.24) is 10.1 Å². The van der Waals surface area contributed by atoms with Gasteiger partial charge in [-0.2, -0.15) is 10.1 Å². The zero-order chi connectivity index (χ0) is 21.7. The molecule has 0 aromatic carbocycles. The predicted octanol–water partition coefficient (Wildman–Crippen LogP) is 0.545. The van der Waals surface area contributed by atoms with Crippen LogP contribution in [0, 0.1) is 0 Å². The summed E-state index contributed by atoms with van der Waals surface area (Å²) in [5.74, 6) is -3.59. The highest BCUT2D eigenvalue weighted by Crippen LogP contribution is 2.08. The lowest BCUT2D eigenvalue weighted by Gasteiger charge is -1.98. The summed E-state index contributed by atoms with van der Waals surface area (Å²) in [6.45, 7) is 0. The summed E-state index contributed by atoms with van der Waals surface area (Å²) in [7, 11) is 0. The molecule has 0 bridgehead atoms. The molecule has 4 amide bonds. The molecule has 0 aromatic heterocycles. The molecule has 158 valence electrons. The first-order valence-electron chi connectivity index (χ1n) is 8.59. The number of amides is 4. The Hall–Kier alpha value is -2.86. The highest BCUT2D eigenvalue weighted by molar-refractivity contribution is 6.00. The fourth-order valence-corrected chi connectivity index (χ4v) is 2.04. The van der Waals surface area contributed by atoms with Crippen molar-refractivity contribution in [1.29, 1.82) is 0 Å². The fraction of sp³-hybridized carbons (Fsp3) is 0.625. The van der Waals surface area contributed by atoms with Gasteiger partial charge < -0.3 is 10.2 Å². The van der Waals surface area contributed by atoms with Gasteiger partial charge in [-0.1, -0.05) is 12.8 Å². The molecule has 0 unspecified atom stereocenters. The van der Waals surface area contributed by atoms with E-state index in [1.165, 1.54) is 0 Å². The molecule has 2 aliphatic rings. The lowest BCUT2D eigenvalue weighted by Crippen LogP contribution is -2.24. The molecule has 0 saturated carbocycles. The van der Waals surface area contributed by atoms with E-state index < -0.39 is 35.6 Å². The van der Waals surface area contributed by atoms with Crippen molar-refractivity contribution in [3.05, 3.63) is 0 Å². The van der Waals surface area contributed by atoms with Gasteiger partial charge in [0.05, 0.1) is 0 Å². The Morgan fingerprint density at radius 1 is 0.607 bits per heavy atom. The van der Waals surface area contributed by atoms with Gasteiger partial charge in [-0.05, 0) is 12.8 Å². The Morgan fingerprint density at radius 3 is 1.00 bits per heavy atom. The minimum absolute atomic E-state index is 0.148. The summed E-state index contributed by atoms with van der Waals surface area (Å²) in [6, 6.07) is 0. The van der Waals surface area contributed by atoms with E-state index in [0.29, 0.717) is 12.8 Å². The molecule has 0 atom stereocenters. The van der Waals surface area contributed by atoms with Crippen LogP contribution in [0.4, 0.5) is 0 Å². The number of carbonyl (C=O) groups excluding carboxylic acids is 4. The number of aliphatic carboxylic acids is 2. The van der Waals surface area contributed by atoms with Gasteiger partial charge in [-0.15, -0.1) is 0 Å². The van der Waals surface area contributed by atoms with Crippen molar-refractivity contribution >= 4 is 35.6 Å². The Bertz CT molecular complexity index is 520. The summed E-state index contributed by atoms with van der Waals surface area (Å²) in [4.78, 5) is 61.1. The first kappa shape index (κ1) is 25.1. The lowest BCUT2D eigenvalue weighted by molar-refractivity contribution is -0.172. The molecule has 0 radical (unpaired) electrons. The quantitative estimate of drug-likeness (QED) is 0.265. The van der Waals surface area contributed by atoms with Crippen molar-refractivity contribution < 1.29 is 49.4 Å². The van der Waals surface area contributed by atoms with Gasteiger partial charge in [-0.3, -0.25) is 39.2 Å². The largest absolute Gasteiger partial charge is 0.481 e. The maximum absolute atomic E-state index is 10.2. The van der Waals surface area contributed by atoms with Crippen LogP contribution in [-0.2, 0) is 28.8 Å². The van der Waals surface area contributed by atoms with Crippen LogP contribution < -0.4 is 0 Å². The highest BCUT2D eigenvalue weighted by Gasteiger charge is 2.27. The van der Waals surface area contributed by atoms with Crippen LogP contribution in [0.15, 0.2) is 0 Å². The van der Waals surface area contributed by atoms with E-state index in [9.17, 15) is 28.8 Å². The van der Waals surface area contributed by atoms with Gasteiger partial charge in [0.2, 0.25) is 0 Å². The molecule has 12 nitrogen and oxygen atoms in total. The molecule has 2 aliphatic heterocycles. The second-order valence-electron chi connectivity index (χ2n) is 5.90. The van der Waals surface area contributed by atoms with Crippen molar-refractivity contribution in [2.75, 3.05) is 0 Å². The molecular weight excluding hydrogens is 380 g/mol. The third kappa shape index (κ3) is 11.0. The monoisotopic (exact) mass is 404 g/mol. The smallest absolute Gasteiger partial charge is 0.303 e. The molecule has 0 aliphatic carbocycles. The van der Waals surface area contributed by atoms with Crippen molar-refractivity contribution in [3.8, 4) is 0 Å². The van der Waals surface area contributed by atoms with E-state index in [1.807, 2.05) is 0 Å². The summed E-state index contributed by atoms with van der Waals surface area (Å²) < 4.78 is 0. The molecule has 4 N–H and O–H groups in total. The molecule has 2 heterocycles. The fourth-order valence-electron chi connectivity index (χ4n) is 2.04. The van der Waals surface area contributed by atoms with Crippen LogP contribution in [0.5, 0.6) is 0 Å². The van der Waals surface area contributed by atoms with Crippen LogP contribution in [0.3, 0.4) is 0 Å². The molecule has 2 rings (SSSR count). The van der Waals surface area contributed by atoms with Crippen LogP contribution in [0.25, 0.3) is 0 Å². The molecule has 2 saturated heterocycles. The Balaban J connectivity index is 0.000000402. The predicted molar refractivity (Wildman–Crippen MR) is 88.7 cm³/mol. The van der Waals surface area contributed by atoms with Gasteiger partial charge in [0.1, 0.15) is 0 Å². The highest BCUT2D eigenvalue weighted by atomic mass is 16.5. The Morgan fingerprint density at radius 2 is 0.857 bits per heavy atom. The van der Waals surface area contributed by atoms with E-state index in [1.54, 1.807) is 0 Å². The first-order valence-corrected chi connectivity index (χ1v) is 8.59. The van der Waals surface area contributed by atoms with Crippen LogP contribution in [0.1, 0.15) is 64.2 Å². The third-order valence-electron chi connectivity index (χ3n) is 3.58. The standard InChI is InChI=1S/C8H14O4.2C4H5NO3/c9-7(10)5-3-1-2-4-6-8(11)12;2*6-3-1-2-4(7)5(3)8/h1-6H2,(H,9,10)(H,11,12);2*8H,1-2H2. The second-order valence-corrected chi connectivity index (χ2v) is 5.90. The molecule has 28 heavy (non-hydrogen) atoms. The van der Waals surface area contributed by atoms with E-state index in [2.05, 4.69) is 0 Å². The zero-order valence-corrected chi connectivity index (χ0v) is 15.2. The number of hydrogen-bond acceptors (Lipinski definition) is 8.